The Labute approximate surface area is 421 Å². The molecule has 0 amide bonds. The summed E-state index contributed by atoms with van der Waals surface area (Å²) in [5, 5.41) is 72.1. The lowest BCUT2D eigenvalue weighted by Gasteiger charge is -2.42. The highest BCUT2D eigenvalue weighted by Crippen LogP contribution is 2.26. The summed E-state index contributed by atoms with van der Waals surface area (Å²) in [5.41, 5.74) is 0. The molecule has 0 bridgehead atoms. The van der Waals surface area contributed by atoms with E-state index in [9.17, 15) is 45.3 Å². The first kappa shape index (κ1) is 63.8. The number of unbranched alkanes of at least 4 members (excludes halogenated alkanes) is 23. The fraction of sp³-hybridized carbons (Fsp3) is 0.855. The lowest BCUT2D eigenvalue weighted by molar-refractivity contribution is -0.332. The molecule has 0 aromatic heterocycles. The van der Waals surface area contributed by atoms with Crippen LogP contribution >= 0.6 is 0 Å². The van der Waals surface area contributed by atoms with Gasteiger partial charge in [-0.15, -0.1) is 0 Å². The van der Waals surface area contributed by atoms with Crippen LogP contribution in [-0.4, -0.2) is 142 Å². The topological polar surface area (TPSA) is 231 Å². The molecule has 70 heavy (non-hydrogen) atoms. The molecular formula is C55H98O15. The highest BCUT2D eigenvalue weighted by Gasteiger charge is 2.47. The lowest BCUT2D eigenvalue weighted by atomic mass is 9.98. The SMILES string of the molecule is CCCCCCCC/C=C/C/C=C/CCC(=O)OC(COC(=O)CCCCCCCCC/C=C/CCCCCCCCCCCC)CO[C@@H]1O[C@H](CO[C@@H]2O[C@H](CO)[C@H](O)C(O)C2O)[C@H](O)C(O)C1O. The first-order valence-corrected chi connectivity index (χ1v) is 27.6. The van der Waals surface area contributed by atoms with Crippen LogP contribution in [-0.2, 0) is 38.0 Å². The molecule has 5 unspecified atom stereocenters. The van der Waals surface area contributed by atoms with Gasteiger partial charge in [0.25, 0.3) is 0 Å². The van der Waals surface area contributed by atoms with Crippen LogP contribution in [0.1, 0.15) is 206 Å². The van der Waals surface area contributed by atoms with Gasteiger partial charge in [-0.3, -0.25) is 9.59 Å². The summed E-state index contributed by atoms with van der Waals surface area (Å²) < 4.78 is 33.5. The van der Waals surface area contributed by atoms with E-state index in [0.29, 0.717) is 12.8 Å². The summed E-state index contributed by atoms with van der Waals surface area (Å²) in [6.45, 7) is 2.53. The monoisotopic (exact) mass is 999 g/mol. The molecule has 408 valence electrons. The number of esters is 2. The van der Waals surface area contributed by atoms with Gasteiger partial charge in [-0.05, 0) is 57.8 Å². The molecule has 0 aromatic carbocycles. The number of carbonyl (C=O) groups excluding carboxylic acids is 2. The van der Waals surface area contributed by atoms with Crippen LogP contribution in [0.3, 0.4) is 0 Å². The zero-order chi connectivity index (χ0) is 51.0. The Balaban J connectivity index is 1.77. The summed E-state index contributed by atoms with van der Waals surface area (Å²) in [6.07, 6.45) is 29.1. The predicted molar refractivity (Wildman–Crippen MR) is 270 cm³/mol. The normalized spacial score (nSPS) is 25.6. The van der Waals surface area contributed by atoms with E-state index >= 15 is 0 Å². The van der Waals surface area contributed by atoms with Gasteiger partial charge in [-0.2, -0.15) is 0 Å². The summed E-state index contributed by atoms with van der Waals surface area (Å²) in [7, 11) is 0. The molecule has 11 atom stereocenters. The third kappa shape index (κ3) is 29.4. The number of aliphatic hydroxyl groups excluding tert-OH is 7. The number of ether oxygens (including phenoxy) is 6. The highest BCUT2D eigenvalue weighted by molar-refractivity contribution is 5.70. The molecule has 2 aliphatic rings. The fourth-order valence-electron chi connectivity index (χ4n) is 8.56. The first-order valence-electron chi connectivity index (χ1n) is 27.6. The van der Waals surface area contributed by atoms with Gasteiger partial charge >= 0.3 is 11.9 Å². The smallest absolute Gasteiger partial charge is 0.306 e. The molecule has 0 spiro atoms. The van der Waals surface area contributed by atoms with Gasteiger partial charge < -0.3 is 64.2 Å². The second-order valence-corrected chi connectivity index (χ2v) is 19.4. The second kappa shape index (κ2) is 42.1. The van der Waals surface area contributed by atoms with Crippen molar-refractivity contribution in [3.05, 3.63) is 36.5 Å². The number of rotatable bonds is 43. The quantitative estimate of drug-likeness (QED) is 0.0173. The lowest BCUT2D eigenvalue weighted by Crippen LogP contribution is -2.61. The van der Waals surface area contributed by atoms with E-state index in [1.807, 2.05) is 12.2 Å². The summed E-state index contributed by atoms with van der Waals surface area (Å²) in [4.78, 5) is 25.8. The van der Waals surface area contributed by atoms with E-state index in [4.69, 9.17) is 28.4 Å². The molecule has 0 saturated carbocycles. The zero-order valence-corrected chi connectivity index (χ0v) is 43.3. The Bertz CT molecular complexity index is 1360. The Hall–Kier alpha value is -2.28. The highest BCUT2D eigenvalue weighted by atomic mass is 16.7. The van der Waals surface area contributed by atoms with Gasteiger partial charge in [0.2, 0.25) is 0 Å². The average Bonchev–Trinajstić information content (AvgIpc) is 3.35. The number of hydrogen-bond acceptors (Lipinski definition) is 15. The maximum Gasteiger partial charge on any atom is 0.306 e. The maximum atomic E-state index is 13.0. The molecular weight excluding hydrogens is 901 g/mol. The van der Waals surface area contributed by atoms with Crippen molar-refractivity contribution in [2.45, 2.75) is 274 Å². The van der Waals surface area contributed by atoms with Gasteiger partial charge in [0.05, 0.1) is 19.8 Å². The van der Waals surface area contributed by atoms with Crippen molar-refractivity contribution in [1.29, 1.82) is 0 Å². The molecule has 15 nitrogen and oxygen atoms in total. The summed E-state index contributed by atoms with van der Waals surface area (Å²) >= 11 is 0. The van der Waals surface area contributed by atoms with E-state index in [2.05, 4.69) is 38.2 Å². The maximum absolute atomic E-state index is 13.0. The van der Waals surface area contributed by atoms with E-state index in [1.54, 1.807) is 0 Å². The zero-order valence-electron chi connectivity index (χ0n) is 43.3. The first-order chi connectivity index (χ1) is 34.0. The van der Waals surface area contributed by atoms with Crippen molar-refractivity contribution in [2.24, 2.45) is 0 Å². The van der Waals surface area contributed by atoms with Crippen molar-refractivity contribution in [3.63, 3.8) is 0 Å². The Morgan fingerprint density at radius 2 is 0.886 bits per heavy atom. The predicted octanol–water partition coefficient (Wildman–Crippen LogP) is 8.49. The van der Waals surface area contributed by atoms with Gasteiger partial charge in [-0.25, -0.2) is 0 Å². The van der Waals surface area contributed by atoms with Gasteiger partial charge in [0, 0.05) is 12.8 Å². The van der Waals surface area contributed by atoms with Crippen LogP contribution in [0, 0.1) is 0 Å². The molecule has 2 fully saturated rings. The largest absolute Gasteiger partial charge is 0.462 e. The van der Waals surface area contributed by atoms with Crippen molar-refractivity contribution in [2.75, 3.05) is 26.4 Å². The minimum Gasteiger partial charge on any atom is -0.462 e. The molecule has 0 aromatic rings. The van der Waals surface area contributed by atoms with E-state index in [0.717, 1.165) is 44.9 Å². The van der Waals surface area contributed by atoms with Crippen LogP contribution in [0.15, 0.2) is 36.5 Å². The van der Waals surface area contributed by atoms with Crippen LogP contribution in [0.2, 0.25) is 0 Å². The van der Waals surface area contributed by atoms with Crippen molar-refractivity contribution in [1.82, 2.24) is 0 Å². The number of aliphatic hydroxyl groups is 7. The van der Waals surface area contributed by atoms with E-state index < -0.39 is 99.3 Å². The number of allylic oxidation sites excluding steroid dienone is 6. The average molecular weight is 999 g/mol. The molecule has 2 aliphatic heterocycles. The second-order valence-electron chi connectivity index (χ2n) is 19.4. The van der Waals surface area contributed by atoms with E-state index in [-0.39, 0.29) is 19.4 Å². The standard InChI is InChI=1S/C55H98O15/c1-3-5-7-9-11-13-15-17-18-19-20-21-22-23-24-26-27-29-31-33-35-37-46(57)65-40-43(68-47(58)38-36-34-32-30-28-25-16-14-12-10-8-6-4-2)41-66-54-53(64)51(62)49(60)45(70-54)42-67-55-52(63)50(61)48(59)44(39-56)69-55/h21-22,25,28,32,34,43-45,48-56,59-64H,3-20,23-24,26-27,29-31,33,35-42H2,1-2H3/b22-21+,28-25+,34-32+/t43?,44-,45-,48+,49+,50?,51?,52?,53?,54-,55-/m1/s1. The van der Waals surface area contributed by atoms with E-state index in [1.165, 1.54) is 122 Å². The Morgan fingerprint density at radius 1 is 0.457 bits per heavy atom. The van der Waals surface area contributed by atoms with Crippen LogP contribution in [0.25, 0.3) is 0 Å². The molecule has 7 N–H and O–H groups in total. The van der Waals surface area contributed by atoms with Crippen molar-refractivity contribution in [3.8, 4) is 0 Å². The van der Waals surface area contributed by atoms with Gasteiger partial charge in [0.1, 0.15) is 55.4 Å². The molecule has 0 aliphatic carbocycles. The van der Waals surface area contributed by atoms with Crippen LogP contribution < -0.4 is 0 Å². The van der Waals surface area contributed by atoms with Crippen molar-refractivity contribution < 1.29 is 73.8 Å². The van der Waals surface area contributed by atoms with Gasteiger partial charge in [-0.1, -0.05) is 172 Å². The fourth-order valence-corrected chi connectivity index (χ4v) is 8.56. The van der Waals surface area contributed by atoms with Crippen LogP contribution in [0.4, 0.5) is 0 Å². The molecule has 2 rings (SSSR count). The number of hydrogen-bond donors (Lipinski definition) is 7. The van der Waals surface area contributed by atoms with Crippen molar-refractivity contribution >= 4 is 11.9 Å². The summed E-state index contributed by atoms with van der Waals surface area (Å²) in [5.74, 6) is -1.00. The van der Waals surface area contributed by atoms with Crippen LogP contribution in [0.5, 0.6) is 0 Å². The summed E-state index contributed by atoms with van der Waals surface area (Å²) in [6, 6.07) is 0. The van der Waals surface area contributed by atoms with Gasteiger partial charge in [0.15, 0.2) is 18.7 Å². The molecule has 0 radical (unpaired) electrons. The molecule has 2 saturated heterocycles. The Kier molecular flexibility index (Phi) is 38.4. The third-order valence-corrected chi connectivity index (χ3v) is 13.1. The minimum absolute atomic E-state index is 0.0589. The number of carbonyl (C=O) groups is 2. The minimum atomic E-state index is -1.77. The Morgan fingerprint density at radius 3 is 1.40 bits per heavy atom. The molecule has 15 heteroatoms. The molecule has 2 heterocycles. The third-order valence-electron chi connectivity index (χ3n) is 13.1.